The van der Waals surface area contributed by atoms with Crippen molar-refractivity contribution < 1.29 is 37.5 Å². The summed E-state index contributed by atoms with van der Waals surface area (Å²) in [7, 11) is 0. The predicted octanol–water partition coefficient (Wildman–Crippen LogP) is 1.72. The normalized spacial score (nSPS) is 14.4. The molecule has 8 N–H and O–H groups in total. The second-order valence-corrected chi connectivity index (χ2v) is 13.1. The molecule has 2 aliphatic rings. The molecule has 0 aliphatic carbocycles. The summed E-state index contributed by atoms with van der Waals surface area (Å²) in [4.78, 5) is 66.6. The number of guanidine groups is 2. The maximum Gasteiger partial charge on any atom is 0.289 e. The fourth-order valence-electron chi connectivity index (χ4n) is 6.44. The van der Waals surface area contributed by atoms with Gasteiger partial charge in [0.2, 0.25) is 0 Å². The Morgan fingerprint density at radius 1 is 0.518 bits per heavy atom. The van der Waals surface area contributed by atoms with E-state index in [2.05, 4.69) is 9.98 Å². The molecule has 0 atom stereocenters. The first-order chi connectivity index (χ1) is 27.0. The van der Waals surface area contributed by atoms with Crippen molar-refractivity contribution in [3.63, 3.8) is 0 Å². The number of carbonyl (C=O) groups excluding carboxylic acids is 4. The third-order valence-electron chi connectivity index (χ3n) is 9.33. The molecule has 56 heavy (non-hydrogen) atoms. The molecule has 0 bridgehead atoms. The lowest BCUT2D eigenvalue weighted by Crippen LogP contribution is -2.51. The molecule has 18 heteroatoms. The number of rotatable bonds is 10. The molecule has 18 nitrogen and oxygen atoms in total. The topological polar surface area (TPSA) is 255 Å². The van der Waals surface area contributed by atoms with Crippen LogP contribution in [0.5, 0.6) is 11.5 Å². The number of furan rings is 2. The monoisotopic (exact) mass is 764 g/mol. The molecular weight excluding hydrogens is 724 g/mol. The number of benzene rings is 3. The van der Waals surface area contributed by atoms with Gasteiger partial charge in [-0.3, -0.25) is 19.2 Å². The lowest BCUT2D eigenvalue weighted by molar-refractivity contribution is -0.135. The van der Waals surface area contributed by atoms with Crippen LogP contribution in [0.4, 0.5) is 11.4 Å². The second kappa shape index (κ2) is 16.0. The van der Waals surface area contributed by atoms with E-state index >= 15 is 0 Å². The fraction of sp³-hybridized carbons (Fsp3) is 0.263. The number of amides is 4. The van der Waals surface area contributed by atoms with Gasteiger partial charge in [-0.15, -0.1) is 0 Å². The largest absolute Gasteiger partial charge is 0.484 e. The average molecular weight is 765 g/mol. The van der Waals surface area contributed by atoms with Gasteiger partial charge in [0.25, 0.3) is 23.6 Å². The summed E-state index contributed by atoms with van der Waals surface area (Å²) in [5.74, 6) is 0.191. The molecule has 4 heterocycles. The van der Waals surface area contributed by atoms with Crippen LogP contribution in [0, 0.1) is 0 Å². The average Bonchev–Trinajstić information content (AvgIpc) is 3.83. The van der Waals surface area contributed by atoms with Gasteiger partial charge in [0.05, 0.1) is 11.4 Å². The Kier molecular flexibility index (Phi) is 10.6. The van der Waals surface area contributed by atoms with Crippen molar-refractivity contribution in [1.29, 1.82) is 0 Å². The minimum atomic E-state index is -0.270. The predicted molar refractivity (Wildman–Crippen MR) is 206 cm³/mol. The van der Waals surface area contributed by atoms with Gasteiger partial charge in [0, 0.05) is 63.1 Å². The molecule has 5 aromatic rings. The Hall–Kier alpha value is -7.24. The highest BCUT2D eigenvalue weighted by Crippen LogP contribution is 2.27. The fourth-order valence-corrected chi connectivity index (χ4v) is 6.44. The van der Waals surface area contributed by atoms with Gasteiger partial charge in [0.15, 0.2) is 36.7 Å². The van der Waals surface area contributed by atoms with Crippen molar-refractivity contribution in [2.75, 3.05) is 65.6 Å². The van der Waals surface area contributed by atoms with E-state index in [1.54, 1.807) is 92.4 Å². The second-order valence-electron chi connectivity index (χ2n) is 13.1. The molecule has 4 amide bonds. The quantitative estimate of drug-likeness (QED) is 0.117. The molecule has 7 rings (SSSR count). The van der Waals surface area contributed by atoms with Crippen LogP contribution in [0.3, 0.4) is 0 Å². The minimum Gasteiger partial charge on any atom is -0.484 e. The summed E-state index contributed by atoms with van der Waals surface area (Å²) >= 11 is 0. The van der Waals surface area contributed by atoms with Crippen molar-refractivity contribution in [2.45, 2.75) is 0 Å². The summed E-state index contributed by atoms with van der Waals surface area (Å²) < 4.78 is 22.9. The van der Waals surface area contributed by atoms with E-state index in [0.717, 1.165) is 0 Å². The zero-order chi connectivity index (χ0) is 39.3. The summed E-state index contributed by atoms with van der Waals surface area (Å²) in [6.07, 6.45) is 0. The number of nitrogens with two attached hydrogens (primary N) is 4. The van der Waals surface area contributed by atoms with Crippen LogP contribution < -0.4 is 32.4 Å². The Balaban J connectivity index is 0.812. The first kappa shape index (κ1) is 37.1. The van der Waals surface area contributed by atoms with Gasteiger partial charge >= 0.3 is 0 Å². The van der Waals surface area contributed by atoms with Crippen LogP contribution in [0.1, 0.15) is 21.1 Å². The highest BCUT2D eigenvalue weighted by atomic mass is 16.5. The van der Waals surface area contributed by atoms with E-state index in [-0.39, 0.29) is 60.3 Å². The Labute approximate surface area is 319 Å². The van der Waals surface area contributed by atoms with E-state index in [4.69, 9.17) is 41.2 Å². The van der Waals surface area contributed by atoms with Gasteiger partial charge in [-0.2, -0.15) is 0 Å². The molecule has 2 fully saturated rings. The van der Waals surface area contributed by atoms with E-state index in [1.807, 2.05) is 0 Å². The summed E-state index contributed by atoms with van der Waals surface area (Å²) in [5, 5.41) is 1.39. The zero-order valence-electron chi connectivity index (χ0n) is 30.3. The number of hydrogen-bond acceptors (Lipinski definition) is 10. The lowest BCUT2D eigenvalue weighted by Gasteiger charge is -2.34. The Bertz CT molecular complexity index is 2160. The van der Waals surface area contributed by atoms with Crippen LogP contribution in [0.15, 0.2) is 91.6 Å². The van der Waals surface area contributed by atoms with Crippen molar-refractivity contribution >= 4 is 68.9 Å². The number of hydrogen-bond donors (Lipinski definition) is 4. The third-order valence-corrected chi connectivity index (χ3v) is 9.33. The van der Waals surface area contributed by atoms with Crippen molar-refractivity contribution in [2.24, 2.45) is 32.9 Å². The minimum absolute atomic E-state index is 0.0698. The number of nitrogens with zero attached hydrogens (tertiary/aromatic N) is 6. The highest BCUT2D eigenvalue weighted by molar-refractivity contribution is 5.98. The first-order valence-electron chi connectivity index (χ1n) is 17.8. The summed E-state index contributed by atoms with van der Waals surface area (Å²) in [5.41, 5.74) is 24.0. The molecule has 0 saturated carbocycles. The van der Waals surface area contributed by atoms with Gasteiger partial charge in [0.1, 0.15) is 22.7 Å². The zero-order valence-corrected chi connectivity index (χ0v) is 30.3. The first-order valence-corrected chi connectivity index (χ1v) is 17.8. The third kappa shape index (κ3) is 8.59. The van der Waals surface area contributed by atoms with Gasteiger partial charge in [-0.1, -0.05) is 0 Å². The van der Waals surface area contributed by atoms with E-state index in [1.165, 1.54) is 0 Å². The summed E-state index contributed by atoms with van der Waals surface area (Å²) in [6, 6.07) is 20.1. The van der Waals surface area contributed by atoms with Crippen molar-refractivity contribution in [1.82, 2.24) is 19.6 Å². The van der Waals surface area contributed by atoms with E-state index in [9.17, 15) is 19.2 Å². The van der Waals surface area contributed by atoms with Crippen LogP contribution >= 0.6 is 0 Å². The van der Waals surface area contributed by atoms with E-state index in [0.29, 0.717) is 97.2 Å². The standard InChI is InChI=1S/C38H40N10O8/c39-37(40)43-25-1-7-29-23(17-25)19-31(55-29)35(51)47-13-9-45(10-14-47)33(49)21-53-27-3-5-28(6-4-27)54-22-34(50)46-11-15-48(16-12-46)36(52)32-20-24-18-26(44-38(41)42)2-8-30(24)56-32/h1-8,17-20H,9-16,21-22H2,(H4,39,40,43)(H4,41,42,44). The van der Waals surface area contributed by atoms with Crippen LogP contribution in [0.25, 0.3) is 21.9 Å². The van der Waals surface area contributed by atoms with Crippen molar-refractivity contribution in [3.05, 3.63) is 84.3 Å². The van der Waals surface area contributed by atoms with Gasteiger partial charge in [-0.25, -0.2) is 9.98 Å². The maximum atomic E-state index is 13.1. The Morgan fingerprint density at radius 2 is 0.875 bits per heavy atom. The molecule has 2 aromatic heterocycles. The van der Waals surface area contributed by atoms with Gasteiger partial charge in [-0.05, 0) is 72.8 Å². The number of aliphatic imine (C=N–C) groups is 2. The highest BCUT2D eigenvalue weighted by Gasteiger charge is 2.28. The molecule has 2 aliphatic heterocycles. The molecule has 290 valence electrons. The molecule has 3 aromatic carbocycles. The number of fused-ring (bicyclic) bond motifs is 2. The number of piperazine rings is 2. The van der Waals surface area contributed by atoms with Gasteiger partial charge < -0.3 is 60.8 Å². The van der Waals surface area contributed by atoms with Crippen LogP contribution in [0.2, 0.25) is 0 Å². The smallest absolute Gasteiger partial charge is 0.289 e. The molecular formula is C38H40N10O8. The van der Waals surface area contributed by atoms with Crippen LogP contribution in [-0.2, 0) is 9.59 Å². The molecule has 0 unspecified atom stereocenters. The SMILES string of the molecule is NC(N)=Nc1ccc2oc(C(=O)N3CCN(C(=O)COc4ccc(OCC(=O)N5CCN(C(=O)c6cc7cc(N=C(N)N)ccc7o6)CC5)cc4)CC3)cc2c1. The number of ether oxygens (including phenoxy) is 2. The van der Waals surface area contributed by atoms with E-state index < -0.39 is 0 Å². The lowest BCUT2D eigenvalue weighted by atomic mass is 10.2. The van der Waals surface area contributed by atoms with Crippen LogP contribution in [-0.4, -0.2) is 121 Å². The molecule has 2 saturated heterocycles. The summed E-state index contributed by atoms with van der Waals surface area (Å²) in [6.45, 7) is 2.38. The Morgan fingerprint density at radius 3 is 1.23 bits per heavy atom. The maximum absolute atomic E-state index is 13.1. The molecule has 0 radical (unpaired) electrons. The number of carbonyl (C=O) groups is 4. The molecule has 0 spiro atoms. The van der Waals surface area contributed by atoms with Crippen molar-refractivity contribution in [3.8, 4) is 11.5 Å².